The van der Waals surface area contributed by atoms with Crippen molar-refractivity contribution in [2.24, 2.45) is 5.73 Å². The van der Waals surface area contributed by atoms with Gasteiger partial charge in [-0.15, -0.1) is 0 Å². The van der Waals surface area contributed by atoms with Gasteiger partial charge >= 0.3 is 0 Å². The lowest BCUT2D eigenvalue weighted by molar-refractivity contribution is 0.414. The van der Waals surface area contributed by atoms with Crippen molar-refractivity contribution in [2.75, 3.05) is 7.11 Å². The van der Waals surface area contributed by atoms with E-state index in [1.165, 1.54) is 11.8 Å². The third-order valence-electron chi connectivity index (χ3n) is 1.78. The molecule has 0 atom stereocenters. The smallest absolute Gasteiger partial charge is 0.118 e. The molecule has 0 aliphatic carbocycles. The molecule has 2 nitrogen and oxygen atoms in total. The van der Waals surface area contributed by atoms with Crippen LogP contribution in [0, 0.1) is 0 Å². The molecule has 0 aromatic heterocycles. The lowest BCUT2D eigenvalue weighted by Gasteiger charge is -2.05. The molecule has 0 bridgehead atoms. The van der Waals surface area contributed by atoms with Crippen LogP contribution in [-0.2, 0) is 0 Å². The van der Waals surface area contributed by atoms with Gasteiger partial charge in [-0.25, -0.2) is 0 Å². The summed E-state index contributed by atoms with van der Waals surface area (Å²) in [7, 11) is 1.68. The van der Waals surface area contributed by atoms with Crippen LogP contribution in [0.15, 0.2) is 37.0 Å². The van der Waals surface area contributed by atoms with E-state index < -0.39 is 0 Å². The lowest BCUT2D eigenvalue weighted by atomic mass is 10.0. The van der Waals surface area contributed by atoms with Crippen LogP contribution in [0.25, 0.3) is 0 Å². The molecular formula is C12H19NO. The zero-order valence-electron chi connectivity index (χ0n) is 9.16. The van der Waals surface area contributed by atoms with Crippen LogP contribution in [0.1, 0.15) is 25.3 Å². The van der Waals surface area contributed by atoms with Crippen molar-refractivity contribution in [3.8, 4) is 5.75 Å². The highest BCUT2D eigenvalue weighted by atomic mass is 16.5. The van der Waals surface area contributed by atoms with Crippen LogP contribution < -0.4 is 10.5 Å². The van der Waals surface area contributed by atoms with Crippen LogP contribution in [-0.4, -0.2) is 7.11 Å². The molecule has 0 aliphatic heterocycles. The van der Waals surface area contributed by atoms with E-state index >= 15 is 0 Å². The second-order valence-corrected chi connectivity index (χ2v) is 3.16. The summed E-state index contributed by atoms with van der Waals surface area (Å²) >= 11 is 0. The van der Waals surface area contributed by atoms with E-state index in [0.717, 1.165) is 5.75 Å². The van der Waals surface area contributed by atoms with Crippen molar-refractivity contribution in [3.05, 3.63) is 42.6 Å². The lowest BCUT2D eigenvalue weighted by Crippen LogP contribution is -1.87. The van der Waals surface area contributed by atoms with Gasteiger partial charge in [-0.2, -0.15) is 0 Å². The van der Waals surface area contributed by atoms with Crippen LogP contribution in [0.2, 0.25) is 0 Å². The first-order chi connectivity index (χ1) is 6.65. The van der Waals surface area contributed by atoms with Gasteiger partial charge in [0.2, 0.25) is 0 Å². The van der Waals surface area contributed by atoms with E-state index in [-0.39, 0.29) is 0 Å². The van der Waals surface area contributed by atoms with Gasteiger partial charge in [0, 0.05) is 0 Å². The minimum atomic E-state index is 0.598. The first kappa shape index (κ1) is 12.6. The Morgan fingerprint density at radius 2 is 1.71 bits per heavy atom. The first-order valence-electron chi connectivity index (χ1n) is 4.62. The molecule has 0 unspecified atom stereocenters. The van der Waals surface area contributed by atoms with Crippen LogP contribution >= 0.6 is 0 Å². The Labute approximate surface area is 86.4 Å². The van der Waals surface area contributed by atoms with Crippen molar-refractivity contribution in [1.29, 1.82) is 0 Å². The highest BCUT2D eigenvalue weighted by Gasteiger charge is 1.97. The average molecular weight is 193 g/mol. The van der Waals surface area contributed by atoms with Crippen molar-refractivity contribution in [3.63, 3.8) is 0 Å². The van der Waals surface area contributed by atoms with E-state index in [1.54, 1.807) is 7.11 Å². The molecule has 0 fully saturated rings. The van der Waals surface area contributed by atoms with E-state index in [4.69, 9.17) is 4.74 Å². The molecule has 0 radical (unpaired) electrons. The van der Waals surface area contributed by atoms with Crippen molar-refractivity contribution in [2.45, 2.75) is 19.8 Å². The highest BCUT2D eigenvalue weighted by molar-refractivity contribution is 5.28. The van der Waals surface area contributed by atoms with Crippen LogP contribution in [0.5, 0.6) is 5.75 Å². The highest BCUT2D eigenvalue weighted by Crippen LogP contribution is 2.17. The minimum absolute atomic E-state index is 0.598. The Morgan fingerprint density at radius 1 is 1.29 bits per heavy atom. The van der Waals surface area contributed by atoms with Crippen LogP contribution in [0.4, 0.5) is 0 Å². The summed E-state index contributed by atoms with van der Waals surface area (Å²) in [6.07, 6.45) is 1.25. The molecule has 2 N–H and O–H groups in total. The summed E-state index contributed by atoms with van der Waals surface area (Å²) in [5, 5.41) is 0. The second-order valence-electron chi connectivity index (χ2n) is 3.16. The molecule has 2 heteroatoms. The quantitative estimate of drug-likeness (QED) is 0.783. The fourth-order valence-electron chi connectivity index (χ4n) is 0.989. The van der Waals surface area contributed by atoms with Crippen LogP contribution in [0.3, 0.4) is 0 Å². The molecular weight excluding hydrogens is 174 g/mol. The van der Waals surface area contributed by atoms with Gasteiger partial charge in [0.25, 0.3) is 0 Å². The third kappa shape index (κ3) is 4.55. The van der Waals surface area contributed by atoms with E-state index in [0.29, 0.717) is 5.92 Å². The van der Waals surface area contributed by atoms with Gasteiger partial charge in [-0.3, -0.25) is 0 Å². The molecule has 0 aliphatic rings. The number of ether oxygens (including phenoxy) is 1. The maximum Gasteiger partial charge on any atom is 0.118 e. The fraction of sp³-hybridized carbons (Fsp3) is 0.333. The van der Waals surface area contributed by atoms with Gasteiger partial charge in [-0.1, -0.05) is 32.6 Å². The second kappa shape index (κ2) is 7.01. The fourth-order valence-corrected chi connectivity index (χ4v) is 0.989. The molecule has 78 valence electrons. The molecule has 0 saturated heterocycles. The number of nitrogens with two attached hydrogens (primary N) is 1. The Balaban J connectivity index is 0.000000500. The van der Waals surface area contributed by atoms with Crippen molar-refractivity contribution in [1.82, 2.24) is 0 Å². The zero-order valence-corrected chi connectivity index (χ0v) is 9.16. The summed E-state index contributed by atoms with van der Waals surface area (Å²) in [5.74, 6) is 1.52. The standard InChI is InChI=1S/C10H14O.C2H5N/c1-8(2)9-4-6-10(11-3)7-5-9;1-2-3/h4-8H,1-3H3;2H,1,3H2. The first-order valence-corrected chi connectivity index (χ1v) is 4.62. The van der Waals surface area contributed by atoms with Gasteiger partial charge in [-0.05, 0) is 29.8 Å². The number of rotatable bonds is 2. The summed E-state index contributed by atoms with van der Waals surface area (Å²) in [5.41, 5.74) is 5.96. The summed E-state index contributed by atoms with van der Waals surface area (Å²) < 4.78 is 5.05. The predicted molar refractivity (Wildman–Crippen MR) is 61.5 cm³/mol. The maximum atomic E-state index is 5.05. The molecule has 1 rings (SSSR count). The van der Waals surface area contributed by atoms with E-state index in [1.807, 2.05) is 12.1 Å². The zero-order chi connectivity index (χ0) is 11.0. The number of hydrogen-bond acceptors (Lipinski definition) is 2. The Bertz CT molecular complexity index is 252. The Hall–Kier alpha value is -1.44. The third-order valence-corrected chi connectivity index (χ3v) is 1.78. The molecule has 0 saturated carbocycles. The molecule has 0 amide bonds. The van der Waals surface area contributed by atoms with Crippen molar-refractivity contribution < 1.29 is 4.74 Å². The normalized spacial score (nSPS) is 8.86. The Kier molecular flexibility index (Phi) is 6.29. The van der Waals surface area contributed by atoms with Gasteiger partial charge < -0.3 is 10.5 Å². The number of methoxy groups -OCH3 is 1. The Morgan fingerprint density at radius 3 is 2.00 bits per heavy atom. The summed E-state index contributed by atoms with van der Waals surface area (Å²) in [6, 6.07) is 8.19. The van der Waals surface area contributed by atoms with Gasteiger partial charge in [0.1, 0.15) is 5.75 Å². The molecule has 0 heterocycles. The molecule has 14 heavy (non-hydrogen) atoms. The largest absolute Gasteiger partial charge is 0.497 e. The topological polar surface area (TPSA) is 35.2 Å². The van der Waals surface area contributed by atoms with Gasteiger partial charge in [0.15, 0.2) is 0 Å². The van der Waals surface area contributed by atoms with Crippen molar-refractivity contribution >= 4 is 0 Å². The summed E-state index contributed by atoms with van der Waals surface area (Å²) in [6.45, 7) is 7.50. The average Bonchev–Trinajstić information content (AvgIpc) is 2.19. The van der Waals surface area contributed by atoms with E-state index in [2.05, 4.69) is 38.3 Å². The SMILES string of the molecule is C=CN.COc1ccc(C(C)C)cc1. The number of benzene rings is 1. The minimum Gasteiger partial charge on any atom is -0.497 e. The van der Waals surface area contributed by atoms with E-state index in [9.17, 15) is 0 Å². The molecule has 1 aromatic carbocycles. The summed E-state index contributed by atoms with van der Waals surface area (Å²) in [4.78, 5) is 0. The molecule has 1 aromatic rings. The predicted octanol–water partition coefficient (Wildman–Crippen LogP) is 2.91. The van der Waals surface area contributed by atoms with Gasteiger partial charge in [0.05, 0.1) is 7.11 Å². The number of hydrogen-bond donors (Lipinski definition) is 1. The molecule has 0 spiro atoms. The monoisotopic (exact) mass is 193 g/mol. The maximum absolute atomic E-state index is 5.05.